The van der Waals surface area contributed by atoms with Crippen LogP contribution in [0.15, 0.2) is 52.3 Å². The van der Waals surface area contributed by atoms with Crippen LogP contribution in [-0.2, 0) is 4.74 Å². The van der Waals surface area contributed by atoms with Gasteiger partial charge in [0, 0.05) is 30.3 Å². The molecule has 0 bridgehead atoms. The molecule has 1 fully saturated rings. The number of anilines is 2. The van der Waals surface area contributed by atoms with Crippen molar-refractivity contribution in [1.29, 1.82) is 0 Å². The first kappa shape index (κ1) is 23.6. The molecule has 1 aliphatic rings. The van der Waals surface area contributed by atoms with Crippen LogP contribution in [0.2, 0.25) is 10.0 Å². The SMILES string of the molecule is NC(=NCCN1CCOCC1)c1c(Nc2ccc(Oc3ccc(Cl)cc3Cl)cc2)s[nH]c1=O. The van der Waals surface area contributed by atoms with Crippen LogP contribution in [0, 0.1) is 0 Å². The number of halogens is 2. The summed E-state index contributed by atoms with van der Waals surface area (Å²) in [5.41, 5.74) is 6.99. The third kappa shape index (κ3) is 6.27. The molecule has 0 aliphatic carbocycles. The minimum Gasteiger partial charge on any atom is -0.456 e. The molecule has 11 heteroatoms. The molecule has 174 valence electrons. The van der Waals surface area contributed by atoms with E-state index in [0.717, 1.165) is 38.5 Å². The van der Waals surface area contributed by atoms with E-state index < -0.39 is 0 Å². The highest BCUT2D eigenvalue weighted by Gasteiger charge is 2.16. The van der Waals surface area contributed by atoms with Crippen LogP contribution in [0.1, 0.15) is 5.56 Å². The van der Waals surface area contributed by atoms with Crippen LogP contribution < -0.4 is 21.3 Å². The van der Waals surface area contributed by atoms with E-state index in [9.17, 15) is 4.79 Å². The molecular weight excluding hydrogens is 485 g/mol. The molecule has 4 rings (SSSR count). The van der Waals surface area contributed by atoms with Crippen LogP contribution in [0.3, 0.4) is 0 Å². The lowest BCUT2D eigenvalue weighted by molar-refractivity contribution is 0.0394. The lowest BCUT2D eigenvalue weighted by Crippen LogP contribution is -2.38. The average Bonchev–Trinajstić information content (AvgIpc) is 3.17. The van der Waals surface area contributed by atoms with E-state index in [1.54, 1.807) is 30.3 Å². The molecule has 0 atom stereocenters. The van der Waals surface area contributed by atoms with Crippen molar-refractivity contribution < 1.29 is 9.47 Å². The van der Waals surface area contributed by atoms with Gasteiger partial charge in [-0.05, 0) is 54.0 Å². The number of hydrogen-bond donors (Lipinski definition) is 3. The summed E-state index contributed by atoms with van der Waals surface area (Å²) in [6.45, 7) is 4.51. The Hall–Kier alpha value is -2.56. The summed E-state index contributed by atoms with van der Waals surface area (Å²) in [6.07, 6.45) is 0. The molecule has 0 spiro atoms. The Morgan fingerprint density at radius 2 is 1.97 bits per heavy atom. The van der Waals surface area contributed by atoms with E-state index in [1.807, 2.05) is 12.1 Å². The smallest absolute Gasteiger partial charge is 0.271 e. The number of amidine groups is 1. The lowest BCUT2D eigenvalue weighted by Gasteiger charge is -2.25. The second kappa shape index (κ2) is 11.0. The third-order valence-corrected chi connectivity index (χ3v) is 6.32. The van der Waals surface area contributed by atoms with Gasteiger partial charge in [0.15, 0.2) is 0 Å². The van der Waals surface area contributed by atoms with Gasteiger partial charge in [-0.3, -0.25) is 19.1 Å². The van der Waals surface area contributed by atoms with Crippen molar-refractivity contribution in [3.63, 3.8) is 0 Å². The van der Waals surface area contributed by atoms with Gasteiger partial charge in [-0.25, -0.2) is 0 Å². The maximum absolute atomic E-state index is 12.3. The summed E-state index contributed by atoms with van der Waals surface area (Å²) >= 11 is 13.3. The maximum atomic E-state index is 12.3. The van der Waals surface area contributed by atoms with E-state index in [2.05, 4.69) is 19.6 Å². The molecule has 1 aromatic heterocycles. The summed E-state index contributed by atoms with van der Waals surface area (Å²) in [4.78, 5) is 19.0. The Morgan fingerprint density at radius 1 is 1.21 bits per heavy atom. The van der Waals surface area contributed by atoms with E-state index in [1.165, 1.54) is 11.5 Å². The standard InChI is InChI=1S/C22H23Cl2N5O3S/c23-14-1-6-18(17(24)13-14)32-16-4-2-15(3-5-16)27-22-19(21(30)28-33-22)20(25)26-7-8-29-9-11-31-12-10-29/h1-6,13,27H,7-12H2,(H2,25,26)(H,28,30). The molecule has 3 aromatic rings. The predicted octanol–water partition coefficient (Wildman–Crippen LogP) is 4.32. The number of rotatable bonds is 8. The van der Waals surface area contributed by atoms with Gasteiger partial charge in [0.05, 0.1) is 24.8 Å². The number of nitrogens with zero attached hydrogens (tertiary/aromatic N) is 2. The molecule has 0 unspecified atom stereocenters. The average molecular weight is 508 g/mol. The van der Waals surface area contributed by atoms with Gasteiger partial charge >= 0.3 is 0 Å². The van der Waals surface area contributed by atoms with Crippen LogP contribution in [0.4, 0.5) is 10.7 Å². The second-order valence-electron chi connectivity index (χ2n) is 7.28. The third-order valence-electron chi connectivity index (χ3n) is 4.99. The highest BCUT2D eigenvalue weighted by atomic mass is 35.5. The first-order chi connectivity index (χ1) is 16.0. The Morgan fingerprint density at radius 3 is 2.70 bits per heavy atom. The number of nitrogens with two attached hydrogens (primary N) is 1. The molecule has 2 aromatic carbocycles. The summed E-state index contributed by atoms with van der Waals surface area (Å²) in [5, 5.41) is 4.79. The maximum Gasteiger partial charge on any atom is 0.271 e. The Bertz CT molecular complexity index is 1170. The molecule has 0 saturated carbocycles. The van der Waals surface area contributed by atoms with Gasteiger partial charge in [-0.2, -0.15) is 0 Å². The van der Waals surface area contributed by atoms with Gasteiger partial charge in [0.2, 0.25) is 0 Å². The Labute approximate surface area is 205 Å². The molecule has 1 saturated heterocycles. The summed E-state index contributed by atoms with van der Waals surface area (Å²) in [5.74, 6) is 1.33. The quantitative estimate of drug-likeness (QED) is 0.309. The van der Waals surface area contributed by atoms with Gasteiger partial charge in [-0.1, -0.05) is 23.2 Å². The predicted molar refractivity (Wildman–Crippen MR) is 134 cm³/mol. The number of aromatic nitrogens is 1. The van der Waals surface area contributed by atoms with Crippen molar-refractivity contribution in [2.45, 2.75) is 0 Å². The van der Waals surface area contributed by atoms with Crippen molar-refractivity contribution in [3.05, 3.63) is 68.4 Å². The van der Waals surface area contributed by atoms with Gasteiger partial charge < -0.3 is 20.5 Å². The molecule has 0 radical (unpaired) electrons. The van der Waals surface area contributed by atoms with Gasteiger partial charge in [0.25, 0.3) is 5.56 Å². The van der Waals surface area contributed by atoms with Gasteiger partial charge in [-0.15, -0.1) is 0 Å². The van der Waals surface area contributed by atoms with E-state index in [-0.39, 0.29) is 11.4 Å². The highest BCUT2D eigenvalue weighted by molar-refractivity contribution is 7.10. The summed E-state index contributed by atoms with van der Waals surface area (Å²) < 4.78 is 13.9. The second-order valence-corrected chi connectivity index (χ2v) is 8.94. The highest BCUT2D eigenvalue weighted by Crippen LogP contribution is 2.32. The van der Waals surface area contributed by atoms with Crippen molar-refractivity contribution >= 4 is 51.3 Å². The van der Waals surface area contributed by atoms with Crippen molar-refractivity contribution in [2.24, 2.45) is 10.7 Å². The monoisotopic (exact) mass is 507 g/mol. The molecule has 8 nitrogen and oxygen atoms in total. The zero-order valence-electron chi connectivity index (χ0n) is 17.6. The molecular formula is C22H23Cl2N5O3S. The zero-order valence-corrected chi connectivity index (χ0v) is 20.0. The van der Waals surface area contributed by atoms with Crippen LogP contribution in [-0.4, -0.2) is 54.5 Å². The lowest BCUT2D eigenvalue weighted by atomic mass is 10.2. The molecule has 2 heterocycles. The number of ether oxygens (including phenoxy) is 2. The first-order valence-electron chi connectivity index (χ1n) is 10.3. The minimum atomic E-state index is -0.271. The number of morpholine rings is 1. The molecule has 0 amide bonds. The fourth-order valence-corrected chi connectivity index (χ4v) is 4.47. The summed E-state index contributed by atoms with van der Waals surface area (Å²) in [6, 6.07) is 12.3. The van der Waals surface area contributed by atoms with Crippen LogP contribution in [0.25, 0.3) is 0 Å². The number of hydrogen-bond acceptors (Lipinski definition) is 7. The first-order valence-corrected chi connectivity index (χ1v) is 11.9. The zero-order chi connectivity index (χ0) is 23.2. The minimum absolute atomic E-state index is 0.214. The molecule has 33 heavy (non-hydrogen) atoms. The van der Waals surface area contributed by atoms with Crippen molar-refractivity contribution in [3.8, 4) is 11.5 Å². The fourth-order valence-electron chi connectivity index (χ4n) is 3.26. The Kier molecular flexibility index (Phi) is 7.89. The number of benzene rings is 2. The van der Waals surface area contributed by atoms with E-state index in [4.69, 9.17) is 38.4 Å². The van der Waals surface area contributed by atoms with Gasteiger partial charge in [0.1, 0.15) is 27.9 Å². The normalized spacial score (nSPS) is 14.9. The molecule has 1 aliphatic heterocycles. The summed E-state index contributed by atoms with van der Waals surface area (Å²) in [7, 11) is 0. The van der Waals surface area contributed by atoms with Crippen LogP contribution in [0.5, 0.6) is 11.5 Å². The van der Waals surface area contributed by atoms with E-state index >= 15 is 0 Å². The number of H-pyrrole nitrogens is 1. The largest absolute Gasteiger partial charge is 0.456 e. The topological polar surface area (TPSA) is 105 Å². The fraction of sp³-hybridized carbons (Fsp3) is 0.273. The Balaban J connectivity index is 1.41. The number of aromatic amines is 1. The number of nitrogens with one attached hydrogen (secondary N) is 2. The van der Waals surface area contributed by atoms with Crippen LogP contribution >= 0.6 is 34.7 Å². The van der Waals surface area contributed by atoms with E-state index in [0.29, 0.717) is 38.7 Å². The molecule has 4 N–H and O–H groups in total. The van der Waals surface area contributed by atoms with Crippen molar-refractivity contribution in [1.82, 2.24) is 9.27 Å². The van der Waals surface area contributed by atoms with Crippen molar-refractivity contribution in [2.75, 3.05) is 44.7 Å². The number of aliphatic imine (C=N–C) groups is 1.